The van der Waals surface area contributed by atoms with Crippen LogP contribution in [0.15, 0.2) is 47.0 Å². The summed E-state index contributed by atoms with van der Waals surface area (Å²) in [4.78, 5) is 19.8. The Hall–Kier alpha value is -2.61. The van der Waals surface area contributed by atoms with E-state index in [1.54, 1.807) is 25.3 Å². The van der Waals surface area contributed by atoms with Gasteiger partial charge in [-0.05, 0) is 61.7 Å². The zero-order valence-corrected chi connectivity index (χ0v) is 20.8. The number of halogens is 2. The molecule has 1 fully saturated rings. The molecule has 0 radical (unpaired) electrons. The van der Waals surface area contributed by atoms with E-state index in [2.05, 4.69) is 27.3 Å². The van der Waals surface area contributed by atoms with Gasteiger partial charge in [-0.2, -0.15) is 4.98 Å². The van der Waals surface area contributed by atoms with Gasteiger partial charge in [-0.15, -0.1) is 0 Å². The number of amides is 1. The van der Waals surface area contributed by atoms with Crippen molar-refractivity contribution in [3.8, 4) is 17.1 Å². The summed E-state index contributed by atoms with van der Waals surface area (Å²) in [5, 5.41) is 8.31. The first-order valence-electron chi connectivity index (χ1n) is 11.4. The Morgan fingerprint density at radius 2 is 2.06 bits per heavy atom. The number of ether oxygens (including phenoxy) is 1. The van der Waals surface area contributed by atoms with Gasteiger partial charge >= 0.3 is 0 Å². The zero-order valence-electron chi connectivity index (χ0n) is 19.3. The maximum atomic E-state index is 13.1. The first-order chi connectivity index (χ1) is 16.5. The lowest BCUT2D eigenvalue weighted by Crippen LogP contribution is -2.43. The monoisotopic (exact) mass is 502 g/mol. The molecule has 2 atom stereocenters. The van der Waals surface area contributed by atoms with E-state index in [1.165, 1.54) is 0 Å². The minimum Gasteiger partial charge on any atom is -0.497 e. The van der Waals surface area contributed by atoms with Crippen LogP contribution in [0.5, 0.6) is 5.75 Å². The van der Waals surface area contributed by atoms with E-state index in [1.807, 2.05) is 24.3 Å². The fraction of sp³-hybridized carbons (Fsp3) is 0.400. The third-order valence-corrected chi connectivity index (χ3v) is 6.67. The van der Waals surface area contributed by atoms with E-state index < -0.39 is 0 Å². The molecule has 0 spiro atoms. The lowest BCUT2D eigenvalue weighted by molar-refractivity contribution is -0.127. The smallest absolute Gasteiger partial charge is 0.241 e. The lowest BCUT2D eigenvalue weighted by Gasteiger charge is -2.32. The van der Waals surface area contributed by atoms with E-state index >= 15 is 0 Å². The Morgan fingerprint density at radius 1 is 1.26 bits per heavy atom. The second-order valence-electron chi connectivity index (χ2n) is 8.45. The van der Waals surface area contributed by atoms with E-state index in [0.717, 1.165) is 37.1 Å². The topological polar surface area (TPSA) is 80.5 Å². The van der Waals surface area contributed by atoms with Crippen LogP contribution in [0.2, 0.25) is 10.0 Å². The molecular weight excluding hydrogens is 475 g/mol. The molecule has 180 valence electrons. The lowest BCUT2D eigenvalue weighted by atomic mass is 9.95. The standard InChI is InChI=1S/C25H28Cl2N4O3/c1-3-22(16-6-9-19(33-2)10-7-16)28-25(32)17-5-4-12-31(14-17)15-23-29-24(30-34-23)20-11-8-18(26)13-21(20)27/h6-11,13,17,22H,3-5,12,14-15H2,1-2H3,(H,28,32). The Balaban J connectivity index is 1.36. The SMILES string of the molecule is CCC(NC(=O)C1CCCN(Cc2nc(-c3ccc(Cl)cc3Cl)no2)C1)c1ccc(OC)cc1. The Morgan fingerprint density at radius 3 is 2.76 bits per heavy atom. The van der Waals surface area contributed by atoms with Crippen molar-refractivity contribution in [1.82, 2.24) is 20.4 Å². The van der Waals surface area contributed by atoms with Crippen molar-refractivity contribution in [1.29, 1.82) is 0 Å². The molecule has 2 heterocycles. The third kappa shape index (κ3) is 5.90. The highest BCUT2D eigenvalue weighted by molar-refractivity contribution is 6.36. The van der Waals surface area contributed by atoms with Gasteiger partial charge in [0.1, 0.15) is 5.75 Å². The zero-order chi connectivity index (χ0) is 24.1. The van der Waals surface area contributed by atoms with Crippen LogP contribution in [0, 0.1) is 5.92 Å². The molecule has 0 aliphatic carbocycles. The number of nitrogens with zero attached hydrogens (tertiary/aromatic N) is 3. The maximum absolute atomic E-state index is 13.1. The minimum atomic E-state index is -0.0888. The molecule has 9 heteroatoms. The number of rotatable bonds is 8. The third-order valence-electron chi connectivity index (χ3n) is 6.12. The average Bonchev–Trinajstić information content (AvgIpc) is 3.30. The fourth-order valence-corrected chi connectivity index (χ4v) is 4.74. The molecule has 3 aromatic rings. The number of methoxy groups -OCH3 is 1. The summed E-state index contributed by atoms with van der Waals surface area (Å²) in [5.74, 6) is 1.70. The normalized spacial score (nSPS) is 17.4. The molecule has 1 N–H and O–H groups in total. The number of benzene rings is 2. The summed E-state index contributed by atoms with van der Waals surface area (Å²) in [6.07, 6.45) is 2.60. The van der Waals surface area contributed by atoms with Gasteiger partial charge in [0.2, 0.25) is 17.6 Å². The van der Waals surface area contributed by atoms with Gasteiger partial charge in [0.05, 0.1) is 30.6 Å². The van der Waals surface area contributed by atoms with Gasteiger partial charge in [0.25, 0.3) is 0 Å². The number of nitrogens with one attached hydrogen (secondary N) is 1. The Kier molecular flexibility index (Phi) is 8.08. The Bertz CT molecular complexity index is 1120. The largest absolute Gasteiger partial charge is 0.497 e. The molecular formula is C25H28Cl2N4O3. The van der Waals surface area contributed by atoms with Crippen LogP contribution in [0.25, 0.3) is 11.4 Å². The molecule has 1 saturated heterocycles. The van der Waals surface area contributed by atoms with Crippen LogP contribution >= 0.6 is 23.2 Å². The van der Waals surface area contributed by atoms with Crippen molar-refractivity contribution in [2.75, 3.05) is 20.2 Å². The summed E-state index contributed by atoms with van der Waals surface area (Å²) in [7, 11) is 1.64. The summed E-state index contributed by atoms with van der Waals surface area (Å²) in [6, 6.07) is 13.0. The van der Waals surface area contributed by atoms with Gasteiger partial charge in [-0.25, -0.2) is 0 Å². The molecule has 1 amide bonds. The highest BCUT2D eigenvalue weighted by Gasteiger charge is 2.28. The fourth-order valence-electron chi connectivity index (χ4n) is 4.25. The average molecular weight is 503 g/mol. The van der Waals surface area contributed by atoms with Crippen molar-refractivity contribution >= 4 is 29.1 Å². The number of hydrogen-bond donors (Lipinski definition) is 1. The summed E-state index contributed by atoms with van der Waals surface area (Å²) >= 11 is 12.2. The van der Waals surface area contributed by atoms with Gasteiger partial charge in [0.15, 0.2) is 0 Å². The quantitative estimate of drug-likeness (QED) is 0.435. The van der Waals surface area contributed by atoms with Crippen LogP contribution in [0.3, 0.4) is 0 Å². The number of piperidine rings is 1. The molecule has 1 aromatic heterocycles. The minimum absolute atomic E-state index is 0.0311. The molecule has 0 bridgehead atoms. The van der Waals surface area contributed by atoms with Crippen LogP contribution in [-0.2, 0) is 11.3 Å². The predicted octanol–water partition coefficient (Wildman–Crippen LogP) is 5.53. The summed E-state index contributed by atoms with van der Waals surface area (Å²) in [6.45, 7) is 4.07. The van der Waals surface area contributed by atoms with Crippen molar-refractivity contribution in [3.05, 3.63) is 64.0 Å². The number of aromatic nitrogens is 2. The van der Waals surface area contributed by atoms with Gasteiger partial charge in [-0.3, -0.25) is 9.69 Å². The first-order valence-corrected chi connectivity index (χ1v) is 12.2. The molecule has 2 unspecified atom stereocenters. The van der Waals surface area contributed by atoms with Gasteiger partial charge in [0, 0.05) is 17.1 Å². The Labute approximate surface area is 209 Å². The van der Waals surface area contributed by atoms with Crippen LogP contribution in [-0.4, -0.2) is 41.1 Å². The van der Waals surface area contributed by atoms with E-state index in [-0.39, 0.29) is 17.9 Å². The molecule has 2 aromatic carbocycles. The molecule has 1 aliphatic rings. The molecule has 4 rings (SSSR count). The molecule has 7 nitrogen and oxygen atoms in total. The van der Waals surface area contributed by atoms with Crippen molar-refractivity contribution in [2.24, 2.45) is 5.92 Å². The molecule has 34 heavy (non-hydrogen) atoms. The second-order valence-corrected chi connectivity index (χ2v) is 9.30. The number of carbonyl (C=O) groups excluding carboxylic acids is 1. The van der Waals surface area contributed by atoms with Crippen LogP contribution in [0.4, 0.5) is 0 Å². The maximum Gasteiger partial charge on any atom is 0.241 e. The summed E-state index contributed by atoms with van der Waals surface area (Å²) in [5.41, 5.74) is 1.74. The molecule has 0 saturated carbocycles. The number of carbonyl (C=O) groups is 1. The van der Waals surface area contributed by atoms with Gasteiger partial charge < -0.3 is 14.6 Å². The predicted molar refractivity (Wildman–Crippen MR) is 132 cm³/mol. The van der Waals surface area contributed by atoms with E-state index in [9.17, 15) is 4.79 Å². The highest BCUT2D eigenvalue weighted by Crippen LogP contribution is 2.29. The first kappa shape index (κ1) is 24.5. The van der Waals surface area contributed by atoms with Crippen LogP contribution in [0.1, 0.15) is 43.7 Å². The second kappa shape index (κ2) is 11.2. The van der Waals surface area contributed by atoms with Crippen molar-refractivity contribution < 1.29 is 14.1 Å². The highest BCUT2D eigenvalue weighted by atomic mass is 35.5. The van der Waals surface area contributed by atoms with Crippen molar-refractivity contribution in [3.63, 3.8) is 0 Å². The van der Waals surface area contributed by atoms with Crippen LogP contribution < -0.4 is 10.1 Å². The number of hydrogen-bond acceptors (Lipinski definition) is 6. The van der Waals surface area contributed by atoms with E-state index in [0.29, 0.717) is 40.4 Å². The van der Waals surface area contributed by atoms with E-state index in [4.69, 9.17) is 32.5 Å². The molecule has 1 aliphatic heterocycles. The van der Waals surface area contributed by atoms with Crippen molar-refractivity contribution in [2.45, 2.75) is 38.8 Å². The van der Waals surface area contributed by atoms with Gasteiger partial charge in [-0.1, -0.05) is 47.4 Å². The number of likely N-dealkylation sites (tertiary alicyclic amines) is 1. The summed E-state index contributed by atoms with van der Waals surface area (Å²) < 4.78 is 10.7.